The number of allylic oxidation sites excluding steroid dienone is 4. The smallest absolute Gasteiger partial charge is 0.160 e. The molecule has 3 nitrogen and oxygen atoms in total. The van der Waals surface area contributed by atoms with Crippen LogP contribution in [0, 0.1) is 5.92 Å². The first-order chi connectivity index (χ1) is 33.7. The van der Waals surface area contributed by atoms with E-state index in [4.69, 9.17) is 14.4 Å². The summed E-state index contributed by atoms with van der Waals surface area (Å²) < 4.78 is 6.28. The Labute approximate surface area is 396 Å². The fourth-order valence-electron chi connectivity index (χ4n) is 11.1. The summed E-state index contributed by atoms with van der Waals surface area (Å²) in [4.78, 5) is 10.8. The summed E-state index contributed by atoms with van der Waals surface area (Å²) in [6.07, 6.45) is 9.26. The average Bonchev–Trinajstić information content (AvgIpc) is 3.95. The molecule has 2 aliphatic carbocycles. The van der Waals surface area contributed by atoms with E-state index in [2.05, 4.69) is 237 Å². The minimum atomic E-state index is -0.365. The number of hydrogen-bond acceptors (Lipinski definition) is 3. The topological polar surface area (TPSA) is 38.9 Å². The summed E-state index contributed by atoms with van der Waals surface area (Å²) in [6, 6.07) is 82.9. The SMILES string of the molecule is C1=CC2c3cc(-c4cc(-c5cc(-c6ccc(-c7ccccc7)cc6)cc(-c6ccc7oc8ccccc8c7c6)c5)nc(-c5ccccc5)n4)ccc3C(c3ccccc3)(c3ccccc3)C2C=C1. The molecule has 0 fully saturated rings. The molecule has 2 unspecified atom stereocenters. The van der Waals surface area contributed by atoms with E-state index in [-0.39, 0.29) is 17.3 Å². The van der Waals surface area contributed by atoms with Crippen molar-refractivity contribution in [3.8, 4) is 67.3 Å². The molecule has 320 valence electrons. The summed E-state index contributed by atoms with van der Waals surface area (Å²) in [5.74, 6) is 1.07. The van der Waals surface area contributed by atoms with Gasteiger partial charge in [0.15, 0.2) is 5.82 Å². The summed E-state index contributed by atoms with van der Waals surface area (Å²) >= 11 is 0. The Morgan fingerprint density at radius 1 is 0.353 bits per heavy atom. The summed E-state index contributed by atoms with van der Waals surface area (Å²) in [5.41, 5.74) is 18.2. The Balaban J connectivity index is 0.999. The van der Waals surface area contributed by atoms with E-state index in [0.29, 0.717) is 5.82 Å². The van der Waals surface area contributed by atoms with E-state index in [0.717, 1.165) is 72.3 Å². The number of aromatic nitrogens is 2. The maximum absolute atomic E-state index is 6.28. The first-order valence-corrected chi connectivity index (χ1v) is 23.5. The quantitative estimate of drug-likeness (QED) is 0.153. The summed E-state index contributed by atoms with van der Waals surface area (Å²) in [6.45, 7) is 0. The van der Waals surface area contributed by atoms with Crippen LogP contribution in [-0.4, -0.2) is 9.97 Å². The van der Waals surface area contributed by atoms with Gasteiger partial charge in [-0.15, -0.1) is 0 Å². The Morgan fingerprint density at radius 3 is 1.57 bits per heavy atom. The predicted molar refractivity (Wildman–Crippen MR) is 279 cm³/mol. The second kappa shape index (κ2) is 16.3. The molecule has 3 heteroatoms. The lowest BCUT2D eigenvalue weighted by molar-refractivity contribution is 0.456. The van der Waals surface area contributed by atoms with Gasteiger partial charge < -0.3 is 4.42 Å². The molecule has 0 saturated carbocycles. The molecule has 0 aliphatic heterocycles. The third-order valence-electron chi connectivity index (χ3n) is 14.2. The lowest BCUT2D eigenvalue weighted by atomic mass is 9.63. The average molecular weight is 869 g/mol. The van der Waals surface area contributed by atoms with Crippen LogP contribution in [0.3, 0.4) is 0 Å². The van der Waals surface area contributed by atoms with Crippen LogP contribution < -0.4 is 0 Å². The fraction of sp³-hybridized carbons (Fsp3) is 0.0462. The van der Waals surface area contributed by atoms with Crippen LogP contribution >= 0.6 is 0 Å². The zero-order valence-corrected chi connectivity index (χ0v) is 37.2. The van der Waals surface area contributed by atoms with Crippen LogP contribution in [0.25, 0.3) is 89.2 Å². The van der Waals surface area contributed by atoms with E-state index in [1.54, 1.807) is 0 Å². The van der Waals surface area contributed by atoms with E-state index in [9.17, 15) is 0 Å². The molecule has 0 radical (unpaired) electrons. The van der Waals surface area contributed by atoms with Gasteiger partial charge in [0.25, 0.3) is 0 Å². The van der Waals surface area contributed by atoms with Gasteiger partial charge in [-0.2, -0.15) is 0 Å². The van der Waals surface area contributed by atoms with Crippen molar-refractivity contribution in [1.82, 2.24) is 9.97 Å². The predicted octanol–water partition coefficient (Wildman–Crippen LogP) is 16.6. The third-order valence-corrected chi connectivity index (χ3v) is 14.2. The van der Waals surface area contributed by atoms with Crippen LogP contribution in [0.4, 0.5) is 0 Å². The minimum Gasteiger partial charge on any atom is -0.456 e. The second-order valence-corrected chi connectivity index (χ2v) is 18.0. The van der Waals surface area contributed by atoms with Crippen molar-refractivity contribution in [2.75, 3.05) is 0 Å². The van der Waals surface area contributed by atoms with Gasteiger partial charge in [-0.05, 0) is 104 Å². The Bertz CT molecular complexity index is 3680. The lowest BCUT2D eigenvalue weighted by Gasteiger charge is -2.38. The van der Waals surface area contributed by atoms with Crippen LogP contribution in [0.2, 0.25) is 0 Å². The van der Waals surface area contributed by atoms with Crippen molar-refractivity contribution >= 4 is 21.9 Å². The number of hydrogen-bond donors (Lipinski definition) is 0. The van der Waals surface area contributed by atoms with Crippen molar-refractivity contribution in [3.63, 3.8) is 0 Å². The molecule has 0 bridgehead atoms. The molecule has 0 amide bonds. The second-order valence-electron chi connectivity index (χ2n) is 18.0. The van der Waals surface area contributed by atoms with E-state index in [1.165, 1.54) is 33.4 Å². The monoisotopic (exact) mass is 868 g/mol. The van der Waals surface area contributed by atoms with Gasteiger partial charge >= 0.3 is 0 Å². The highest BCUT2D eigenvalue weighted by Gasteiger charge is 2.52. The highest BCUT2D eigenvalue weighted by atomic mass is 16.3. The molecule has 2 atom stereocenters. The molecule has 2 aliphatic rings. The maximum atomic E-state index is 6.28. The molecule has 0 N–H and O–H groups in total. The fourth-order valence-corrected chi connectivity index (χ4v) is 11.1. The van der Waals surface area contributed by atoms with E-state index < -0.39 is 0 Å². The first kappa shape index (κ1) is 39.7. The Morgan fingerprint density at radius 2 is 0.868 bits per heavy atom. The van der Waals surface area contributed by atoms with E-state index in [1.807, 2.05) is 18.2 Å². The standard InChI is InChI=1S/C65H44N2O/c1-5-17-43(18-6-1)44-29-31-45(32-30-44)49-37-50(47-34-36-63-57(40-47)55-26-14-16-28-62(55)68-63)39-51(38-49)61-42-60(66-64(67-61)46-19-7-2-8-20-46)48-33-35-59-56(41-48)54-25-13-15-27-58(54)65(59,52-21-9-3-10-22-52)53-23-11-4-12-24-53/h1-42,54,58H. The van der Waals surface area contributed by atoms with Gasteiger partial charge in [-0.25, -0.2) is 9.97 Å². The van der Waals surface area contributed by atoms with Crippen molar-refractivity contribution in [3.05, 3.63) is 277 Å². The van der Waals surface area contributed by atoms with Gasteiger partial charge in [-0.1, -0.05) is 206 Å². The Hall–Kier alpha value is -8.66. The highest BCUT2D eigenvalue weighted by Crippen LogP contribution is 2.60. The zero-order valence-electron chi connectivity index (χ0n) is 37.2. The molecule has 9 aromatic carbocycles. The van der Waals surface area contributed by atoms with Crippen molar-refractivity contribution in [2.24, 2.45) is 5.92 Å². The van der Waals surface area contributed by atoms with Crippen molar-refractivity contribution in [1.29, 1.82) is 0 Å². The number of benzene rings is 9. The molecule has 68 heavy (non-hydrogen) atoms. The maximum Gasteiger partial charge on any atom is 0.160 e. The number of fused-ring (bicyclic) bond motifs is 6. The first-order valence-electron chi connectivity index (χ1n) is 23.5. The molecule has 13 rings (SSSR count). The van der Waals surface area contributed by atoms with Gasteiger partial charge in [0, 0.05) is 39.3 Å². The summed E-state index contributed by atoms with van der Waals surface area (Å²) in [5, 5.41) is 2.20. The largest absolute Gasteiger partial charge is 0.456 e. The lowest BCUT2D eigenvalue weighted by Crippen LogP contribution is -2.34. The summed E-state index contributed by atoms with van der Waals surface area (Å²) in [7, 11) is 0. The number of nitrogens with zero attached hydrogens (tertiary/aromatic N) is 2. The number of rotatable bonds is 8. The number of furan rings is 1. The van der Waals surface area contributed by atoms with E-state index >= 15 is 0 Å². The van der Waals surface area contributed by atoms with Crippen LogP contribution in [0.5, 0.6) is 0 Å². The molecular formula is C65H44N2O. The van der Waals surface area contributed by atoms with Crippen LogP contribution in [-0.2, 0) is 5.41 Å². The third kappa shape index (κ3) is 6.66. The molecule has 2 aromatic heterocycles. The molecule has 11 aromatic rings. The van der Waals surface area contributed by atoms with Crippen LogP contribution in [0.15, 0.2) is 259 Å². The minimum absolute atomic E-state index is 0.183. The number of para-hydroxylation sites is 1. The van der Waals surface area contributed by atoms with Crippen molar-refractivity contribution < 1.29 is 4.42 Å². The Kier molecular flexibility index (Phi) is 9.54. The molecule has 0 saturated heterocycles. The van der Waals surface area contributed by atoms with Crippen molar-refractivity contribution in [2.45, 2.75) is 11.3 Å². The van der Waals surface area contributed by atoms with Gasteiger partial charge in [0.05, 0.1) is 16.8 Å². The highest BCUT2D eigenvalue weighted by molar-refractivity contribution is 6.06. The van der Waals surface area contributed by atoms with Gasteiger partial charge in [0.1, 0.15) is 11.2 Å². The van der Waals surface area contributed by atoms with Gasteiger partial charge in [-0.3, -0.25) is 0 Å². The van der Waals surface area contributed by atoms with Crippen LogP contribution in [0.1, 0.15) is 28.2 Å². The molecule has 0 spiro atoms. The molecule has 2 heterocycles. The van der Waals surface area contributed by atoms with Gasteiger partial charge in [0.2, 0.25) is 0 Å². The zero-order chi connectivity index (χ0) is 45.0. The normalized spacial score (nSPS) is 15.6. The molecular weight excluding hydrogens is 825 g/mol.